The minimum Gasteiger partial charge on any atom is -0.396 e. The number of methoxy groups -OCH3 is 1. The van der Waals surface area contributed by atoms with Gasteiger partial charge in [-0.05, 0) is 26.3 Å². The van der Waals surface area contributed by atoms with Gasteiger partial charge >= 0.3 is 0 Å². The van der Waals surface area contributed by atoms with E-state index >= 15 is 0 Å². The molecule has 30 heavy (non-hydrogen) atoms. The Kier molecular flexibility index (Phi) is 6.73. The van der Waals surface area contributed by atoms with Gasteiger partial charge in [0.2, 0.25) is 5.95 Å². The van der Waals surface area contributed by atoms with Crippen LogP contribution >= 0.6 is 23.7 Å². The number of pyridine rings is 1. The fourth-order valence-electron chi connectivity index (χ4n) is 3.98. The van der Waals surface area contributed by atoms with E-state index in [-0.39, 0.29) is 36.9 Å². The molecule has 1 aliphatic rings. The first-order valence-corrected chi connectivity index (χ1v) is 10.2. The predicted octanol–water partition coefficient (Wildman–Crippen LogP) is 1.94. The van der Waals surface area contributed by atoms with Crippen molar-refractivity contribution in [3.63, 3.8) is 0 Å². The first kappa shape index (κ1) is 22.6. The number of halogens is 1. The second kappa shape index (κ2) is 8.94. The zero-order valence-electron chi connectivity index (χ0n) is 16.9. The number of aliphatic hydroxyl groups excluding tert-OH is 2. The maximum atomic E-state index is 10.7. The molecule has 4 atom stereocenters. The highest BCUT2D eigenvalue weighted by atomic mass is 35.5. The van der Waals surface area contributed by atoms with E-state index in [1.165, 1.54) is 18.4 Å². The normalized spacial score (nSPS) is 23.5. The number of nitrogens with two attached hydrogens (primary N) is 1. The number of aryl methyl sites for hydroxylation is 2. The Hall–Kier alpha value is -2.11. The molecule has 0 aromatic carbocycles. The molecule has 3 aromatic rings. The van der Waals surface area contributed by atoms with Crippen molar-refractivity contribution in [2.75, 3.05) is 24.8 Å². The fourth-order valence-corrected chi connectivity index (χ4v) is 5.09. The third kappa shape index (κ3) is 3.93. The monoisotopic (exact) mass is 452 g/mol. The highest BCUT2D eigenvalue weighted by Crippen LogP contribution is 2.38. The van der Waals surface area contributed by atoms with Gasteiger partial charge in [0.15, 0.2) is 0 Å². The van der Waals surface area contributed by atoms with Crippen LogP contribution in [0.2, 0.25) is 0 Å². The number of thiazole rings is 1. The first-order chi connectivity index (χ1) is 13.9. The van der Waals surface area contributed by atoms with Crippen LogP contribution in [0.3, 0.4) is 0 Å². The zero-order chi connectivity index (χ0) is 20.7. The van der Waals surface area contributed by atoms with Crippen molar-refractivity contribution in [3.05, 3.63) is 23.7 Å². The van der Waals surface area contributed by atoms with Crippen LogP contribution in [-0.4, -0.2) is 62.1 Å². The van der Waals surface area contributed by atoms with E-state index in [0.29, 0.717) is 17.9 Å². The highest BCUT2D eigenvalue weighted by Gasteiger charge is 2.43. The van der Waals surface area contributed by atoms with Gasteiger partial charge in [-0.15, -0.1) is 23.7 Å². The predicted molar refractivity (Wildman–Crippen MR) is 119 cm³/mol. The van der Waals surface area contributed by atoms with E-state index in [4.69, 9.17) is 15.5 Å². The minimum absolute atomic E-state index is 0. The minimum atomic E-state index is -0.789. The molecule has 5 N–H and O–H groups in total. The van der Waals surface area contributed by atoms with Crippen LogP contribution in [-0.2, 0) is 4.74 Å². The lowest BCUT2D eigenvalue weighted by Crippen LogP contribution is -2.37. The lowest BCUT2D eigenvalue weighted by molar-refractivity contribution is -0.0259. The number of rotatable bonds is 5. The van der Waals surface area contributed by atoms with Gasteiger partial charge in [-0.2, -0.15) is 4.98 Å². The highest BCUT2D eigenvalue weighted by molar-refractivity contribution is 7.21. The molecule has 162 valence electrons. The van der Waals surface area contributed by atoms with Crippen molar-refractivity contribution in [2.45, 2.75) is 38.5 Å². The van der Waals surface area contributed by atoms with Crippen LogP contribution < -0.4 is 11.1 Å². The number of nitrogens with zero attached hydrogens (tertiary/aromatic N) is 4. The first-order valence-electron chi connectivity index (χ1n) is 9.37. The van der Waals surface area contributed by atoms with Crippen molar-refractivity contribution < 1.29 is 14.9 Å². The maximum absolute atomic E-state index is 10.7. The number of ether oxygens (including phenoxy) is 1. The Morgan fingerprint density at radius 2 is 2.03 bits per heavy atom. The lowest BCUT2D eigenvalue weighted by atomic mass is 10.1. The molecular weight excluding hydrogens is 428 g/mol. The van der Waals surface area contributed by atoms with Gasteiger partial charge in [0, 0.05) is 25.8 Å². The summed E-state index contributed by atoms with van der Waals surface area (Å²) < 4.78 is 6.41. The molecule has 11 heteroatoms. The molecule has 3 heterocycles. The number of hydrogen-bond donors (Lipinski definition) is 4. The van der Waals surface area contributed by atoms with E-state index in [2.05, 4.69) is 20.3 Å². The van der Waals surface area contributed by atoms with Crippen LogP contribution in [0.5, 0.6) is 0 Å². The van der Waals surface area contributed by atoms with Gasteiger partial charge in [0.05, 0.1) is 33.8 Å². The lowest BCUT2D eigenvalue weighted by Gasteiger charge is -2.22. The molecule has 0 unspecified atom stereocenters. The van der Waals surface area contributed by atoms with Crippen molar-refractivity contribution in [3.8, 4) is 10.6 Å². The van der Waals surface area contributed by atoms with Gasteiger partial charge in [-0.3, -0.25) is 4.98 Å². The SMILES string of the molecule is CO[C@@H]1[C@@H](CO)C[C@@H](Nc2nc(N)nc(C)c2-c2nc3c(C)nccc3s2)[C@@H]1O.Cl. The molecule has 1 saturated carbocycles. The molecule has 0 aliphatic heterocycles. The van der Waals surface area contributed by atoms with Gasteiger partial charge < -0.3 is 26.0 Å². The topological polar surface area (TPSA) is 139 Å². The molecule has 0 saturated heterocycles. The Balaban J connectivity index is 0.00000256. The average molecular weight is 453 g/mol. The molecule has 9 nitrogen and oxygen atoms in total. The van der Waals surface area contributed by atoms with Crippen molar-refractivity contribution in [2.24, 2.45) is 5.92 Å². The number of hydrogen-bond acceptors (Lipinski definition) is 10. The molecule has 4 rings (SSSR count). The summed E-state index contributed by atoms with van der Waals surface area (Å²) in [6.45, 7) is 3.72. The third-order valence-corrected chi connectivity index (χ3v) is 6.45. The molecular formula is C19H25ClN6O3S. The fraction of sp³-hybridized carbons (Fsp3) is 0.474. The van der Waals surface area contributed by atoms with E-state index in [9.17, 15) is 10.2 Å². The second-order valence-electron chi connectivity index (χ2n) is 7.27. The molecule has 1 fully saturated rings. The number of nitrogen functional groups attached to an aromatic ring is 1. The Bertz CT molecular complexity index is 1050. The van der Waals surface area contributed by atoms with Gasteiger partial charge in [-0.1, -0.05) is 0 Å². The number of fused-ring (bicyclic) bond motifs is 1. The molecule has 0 radical (unpaired) electrons. The summed E-state index contributed by atoms with van der Waals surface area (Å²) in [4.78, 5) is 17.8. The van der Waals surface area contributed by atoms with Gasteiger partial charge in [0.1, 0.15) is 22.4 Å². The van der Waals surface area contributed by atoms with Crippen LogP contribution in [0, 0.1) is 19.8 Å². The molecule has 0 spiro atoms. The summed E-state index contributed by atoms with van der Waals surface area (Å²) in [5, 5.41) is 24.3. The summed E-state index contributed by atoms with van der Waals surface area (Å²) in [6.07, 6.45) is 1.07. The van der Waals surface area contributed by atoms with E-state index in [1.807, 2.05) is 19.9 Å². The van der Waals surface area contributed by atoms with Crippen LogP contribution in [0.1, 0.15) is 17.8 Å². The second-order valence-corrected chi connectivity index (χ2v) is 8.30. The maximum Gasteiger partial charge on any atom is 0.222 e. The van der Waals surface area contributed by atoms with Crippen LogP contribution in [0.15, 0.2) is 12.3 Å². The standard InChI is InChI=1S/C19H24N6O3S.ClH/c1-8-13(18-24-14-9(2)21-5-4-12(14)29-18)17(25-19(20)22-8)23-11-6-10(7-26)16(28-3)15(11)27;/h4-5,10-11,15-16,26-27H,6-7H2,1-3H3,(H3,20,22,23,25);1H/t10-,11-,15+,16-;/m1./s1. The van der Waals surface area contributed by atoms with E-state index in [1.54, 1.807) is 6.20 Å². The summed E-state index contributed by atoms with van der Waals surface area (Å²) >= 11 is 1.53. The van der Waals surface area contributed by atoms with Crippen molar-refractivity contribution >= 4 is 45.7 Å². The van der Waals surface area contributed by atoms with Crippen LogP contribution in [0.25, 0.3) is 20.8 Å². The quantitative estimate of drug-likeness (QED) is 0.457. The number of anilines is 2. The van der Waals surface area contributed by atoms with E-state index in [0.717, 1.165) is 26.5 Å². The Labute approximate surface area is 184 Å². The molecule has 0 amide bonds. The largest absolute Gasteiger partial charge is 0.396 e. The number of aromatic nitrogens is 4. The summed E-state index contributed by atoms with van der Waals surface area (Å²) in [7, 11) is 1.54. The number of aliphatic hydroxyl groups is 2. The van der Waals surface area contributed by atoms with Crippen molar-refractivity contribution in [1.82, 2.24) is 19.9 Å². The van der Waals surface area contributed by atoms with Crippen molar-refractivity contribution in [1.29, 1.82) is 0 Å². The summed E-state index contributed by atoms with van der Waals surface area (Å²) in [6, 6.07) is 1.59. The Morgan fingerprint density at radius 3 is 2.67 bits per heavy atom. The summed E-state index contributed by atoms with van der Waals surface area (Å²) in [5.41, 5.74) is 9.04. The number of nitrogens with one attached hydrogen (secondary N) is 1. The smallest absolute Gasteiger partial charge is 0.222 e. The molecule has 3 aromatic heterocycles. The Morgan fingerprint density at radius 1 is 1.27 bits per heavy atom. The van der Waals surface area contributed by atoms with Gasteiger partial charge in [0.25, 0.3) is 0 Å². The zero-order valence-corrected chi connectivity index (χ0v) is 18.5. The summed E-state index contributed by atoms with van der Waals surface area (Å²) in [5.74, 6) is 0.492. The molecule has 1 aliphatic carbocycles. The third-order valence-electron chi connectivity index (χ3n) is 5.41. The molecule has 0 bridgehead atoms. The van der Waals surface area contributed by atoms with Gasteiger partial charge in [-0.25, -0.2) is 9.97 Å². The van der Waals surface area contributed by atoms with Crippen LogP contribution in [0.4, 0.5) is 11.8 Å². The average Bonchev–Trinajstić information content (AvgIpc) is 3.23. The van der Waals surface area contributed by atoms with E-state index < -0.39 is 12.2 Å².